The lowest BCUT2D eigenvalue weighted by atomic mass is 10.1. The van der Waals surface area contributed by atoms with Gasteiger partial charge in [-0.15, -0.1) is 0 Å². The summed E-state index contributed by atoms with van der Waals surface area (Å²) in [5.41, 5.74) is 1.69. The molecule has 0 heterocycles. The van der Waals surface area contributed by atoms with E-state index in [0.29, 0.717) is 29.9 Å². The summed E-state index contributed by atoms with van der Waals surface area (Å²) < 4.78 is 13.0. The van der Waals surface area contributed by atoms with Crippen molar-refractivity contribution >= 4 is 11.4 Å². The van der Waals surface area contributed by atoms with Gasteiger partial charge in [0.15, 0.2) is 0 Å². The molecular formula is C11H15FN2O. The zero-order chi connectivity index (χ0) is 11.3. The van der Waals surface area contributed by atoms with Crippen LogP contribution in [0.25, 0.3) is 0 Å². The van der Waals surface area contributed by atoms with E-state index in [0.717, 1.165) is 0 Å². The first-order valence-corrected chi connectivity index (χ1v) is 4.85. The number of halogens is 1. The lowest BCUT2D eigenvalue weighted by Gasteiger charge is -2.10. The monoisotopic (exact) mass is 210 g/mol. The van der Waals surface area contributed by atoms with Gasteiger partial charge in [0.1, 0.15) is 5.82 Å². The second-order valence-corrected chi connectivity index (χ2v) is 3.32. The Kier molecular flexibility index (Phi) is 4.24. The summed E-state index contributed by atoms with van der Waals surface area (Å²) in [6.45, 7) is 2.33. The van der Waals surface area contributed by atoms with Crippen LogP contribution < -0.4 is 5.32 Å². The third-order valence-electron chi connectivity index (χ3n) is 2.04. The fourth-order valence-electron chi connectivity index (χ4n) is 1.29. The second-order valence-electron chi connectivity index (χ2n) is 3.32. The van der Waals surface area contributed by atoms with Crippen LogP contribution in [0.2, 0.25) is 0 Å². The molecule has 0 saturated carbocycles. The molecule has 0 bridgehead atoms. The lowest BCUT2D eigenvalue weighted by molar-refractivity contribution is 0.292. The molecule has 0 aliphatic carbocycles. The summed E-state index contributed by atoms with van der Waals surface area (Å²) in [7, 11) is 0. The minimum absolute atomic E-state index is 0.0984. The van der Waals surface area contributed by atoms with Crippen LogP contribution in [0.1, 0.15) is 18.9 Å². The van der Waals surface area contributed by atoms with Gasteiger partial charge in [-0.1, -0.05) is 0 Å². The van der Waals surface area contributed by atoms with Crippen molar-refractivity contribution in [3.63, 3.8) is 0 Å². The molecule has 0 atom stereocenters. The Labute approximate surface area is 88.5 Å². The van der Waals surface area contributed by atoms with E-state index >= 15 is 0 Å². The predicted molar refractivity (Wildman–Crippen MR) is 59.1 cm³/mol. The average molecular weight is 210 g/mol. The van der Waals surface area contributed by atoms with E-state index in [1.165, 1.54) is 12.1 Å². The normalized spacial score (nSPS) is 10.1. The molecular weight excluding hydrogens is 195 g/mol. The van der Waals surface area contributed by atoms with E-state index in [1.807, 2.05) is 0 Å². The third-order valence-corrected chi connectivity index (χ3v) is 2.04. The van der Waals surface area contributed by atoms with Crippen LogP contribution in [-0.4, -0.2) is 24.0 Å². The quantitative estimate of drug-likeness (QED) is 0.514. The van der Waals surface area contributed by atoms with Crippen molar-refractivity contribution in [3.8, 4) is 0 Å². The van der Waals surface area contributed by atoms with Crippen LogP contribution in [0.5, 0.6) is 0 Å². The van der Waals surface area contributed by atoms with Gasteiger partial charge in [-0.25, -0.2) is 4.39 Å². The molecule has 0 aliphatic rings. The molecule has 3 N–H and O–H groups in total. The highest BCUT2D eigenvalue weighted by atomic mass is 19.1. The summed E-state index contributed by atoms with van der Waals surface area (Å²) in [6, 6.07) is 4.29. The maximum Gasteiger partial charge on any atom is 0.125 e. The molecule has 0 spiro atoms. The van der Waals surface area contributed by atoms with Crippen LogP contribution in [-0.2, 0) is 0 Å². The first kappa shape index (κ1) is 11.7. The summed E-state index contributed by atoms with van der Waals surface area (Å²) in [4.78, 5) is 0. The molecule has 0 radical (unpaired) electrons. The zero-order valence-corrected chi connectivity index (χ0v) is 8.68. The summed E-state index contributed by atoms with van der Waals surface area (Å²) >= 11 is 0. The maximum atomic E-state index is 13.0. The minimum atomic E-state index is -0.327. The van der Waals surface area contributed by atoms with Gasteiger partial charge in [0.25, 0.3) is 0 Å². The lowest BCUT2D eigenvalue weighted by Crippen LogP contribution is -2.08. The van der Waals surface area contributed by atoms with Crippen molar-refractivity contribution in [2.24, 2.45) is 0 Å². The minimum Gasteiger partial charge on any atom is -0.396 e. The van der Waals surface area contributed by atoms with Crippen molar-refractivity contribution in [1.29, 1.82) is 5.41 Å². The Balaban J connectivity index is 2.82. The number of hydrogen-bond donors (Lipinski definition) is 3. The number of benzene rings is 1. The van der Waals surface area contributed by atoms with E-state index in [2.05, 4.69) is 5.32 Å². The van der Waals surface area contributed by atoms with Crippen molar-refractivity contribution in [2.45, 2.75) is 13.3 Å². The summed E-state index contributed by atoms with van der Waals surface area (Å²) in [5.74, 6) is -0.327. The van der Waals surface area contributed by atoms with Gasteiger partial charge in [-0.05, 0) is 31.5 Å². The van der Waals surface area contributed by atoms with Gasteiger partial charge in [-0.2, -0.15) is 0 Å². The Hall–Kier alpha value is -1.42. The van der Waals surface area contributed by atoms with Crippen LogP contribution >= 0.6 is 0 Å². The largest absolute Gasteiger partial charge is 0.396 e. The molecule has 0 amide bonds. The van der Waals surface area contributed by atoms with E-state index in [1.54, 1.807) is 13.0 Å². The van der Waals surface area contributed by atoms with E-state index in [4.69, 9.17) is 10.5 Å². The molecule has 0 unspecified atom stereocenters. The standard InChI is InChI=1S/C11H15FN2O/c1-8(13)10-4-3-9(12)7-11(10)14-5-2-6-15/h3-4,7,13-15H,2,5-6H2,1H3. The van der Waals surface area contributed by atoms with E-state index in [-0.39, 0.29) is 12.4 Å². The first-order chi connectivity index (χ1) is 7.15. The topological polar surface area (TPSA) is 56.1 Å². The number of rotatable bonds is 5. The molecule has 3 nitrogen and oxygen atoms in total. The number of nitrogens with one attached hydrogen (secondary N) is 2. The maximum absolute atomic E-state index is 13.0. The van der Waals surface area contributed by atoms with Crippen molar-refractivity contribution in [1.82, 2.24) is 0 Å². The Morgan fingerprint density at radius 2 is 2.27 bits per heavy atom. The average Bonchev–Trinajstić information content (AvgIpc) is 2.18. The number of aliphatic hydroxyl groups is 1. The van der Waals surface area contributed by atoms with E-state index < -0.39 is 0 Å². The van der Waals surface area contributed by atoms with Gasteiger partial charge in [-0.3, -0.25) is 0 Å². The molecule has 82 valence electrons. The highest BCUT2D eigenvalue weighted by molar-refractivity contribution is 6.01. The van der Waals surface area contributed by atoms with Gasteiger partial charge in [0, 0.05) is 30.1 Å². The van der Waals surface area contributed by atoms with Crippen LogP contribution in [0.15, 0.2) is 18.2 Å². The van der Waals surface area contributed by atoms with Gasteiger partial charge in [0.05, 0.1) is 0 Å². The van der Waals surface area contributed by atoms with Crippen LogP contribution in [0.3, 0.4) is 0 Å². The molecule has 1 aromatic rings. The highest BCUT2D eigenvalue weighted by Gasteiger charge is 2.05. The fraction of sp³-hybridized carbons (Fsp3) is 0.364. The van der Waals surface area contributed by atoms with Crippen LogP contribution in [0.4, 0.5) is 10.1 Å². The number of hydrogen-bond acceptors (Lipinski definition) is 3. The number of aliphatic hydroxyl groups excluding tert-OH is 1. The van der Waals surface area contributed by atoms with E-state index in [9.17, 15) is 4.39 Å². The molecule has 0 aliphatic heterocycles. The van der Waals surface area contributed by atoms with Crippen molar-refractivity contribution in [3.05, 3.63) is 29.6 Å². The predicted octanol–water partition coefficient (Wildman–Crippen LogP) is 2.01. The number of anilines is 1. The Morgan fingerprint density at radius 3 is 2.87 bits per heavy atom. The second kappa shape index (κ2) is 5.46. The third kappa shape index (κ3) is 3.32. The Bertz CT molecular complexity index is 352. The molecule has 15 heavy (non-hydrogen) atoms. The Morgan fingerprint density at radius 1 is 1.53 bits per heavy atom. The smallest absolute Gasteiger partial charge is 0.125 e. The van der Waals surface area contributed by atoms with Crippen molar-refractivity contribution in [2.75, 3.05) is 18.5 Å². The highest BCUT2D eigenvalue weighted by Crippen LogP contribution is 2.17. The summed E-state index contributed by atoms with van der Waals surface area (Å²) in [5, 5.41) is 19.1. The molecule has 4 heteroatoms. The van der Waals surface area contributed by atoms with Gasteiger partial charge >= 0.3 is 0 Å². The zero-order valence-electron chi connectivity index (χ0n) is 8.68. The fourth-order valence-corrected chi connectivity index (χ4v) is 1.29. The molecule has 0 aromatic heterocycles. The van der Waals surface area contributed by atoms with Crippen LogP contribution in [0, 0.1) is 11.2 Å². The molecule has 0 saturated heterocycles. The van der Waals surface area contributed by atoms with Crippen molar-refractivity contribution < 1.29 is 9.50 Å². The molecule has 0 fully saturated rings. The SMILES string of the molecule is CC(=N)c1ccc(F)cc1NCCCO. The summed E-state index contributed by atoms with van der Waals surface area (Å²) in [6.07, 6.45) is 0.604. The van der Waals surface area contributed by atoms with Gasteiger partial charge in [0.2, 0.25) is 0 Å². The first-order valence-electron chi connectivity index (χ1n) is 4.85. The van der Waals surface area contributed by atoms with Gasteiger partial charge < -0.3 is 15.8 Å². The molecule has 1 rings (SSSR count). The molecule has 1 aromatic carbocycles.